The SMILES string of the molecule is CCCCC(CC)COC(=O)CCSc1cnc(N2CCC3(CC2)Cn2nccc2[C@H]3NC(=O)OC(C)(C)C)cn1. The molecule has 2 atom stereocenters. The zero-order chi connectivity index (χ0) is 29.5. The number of carbonyl (C=O) groups excluding carboxylic acids is 2. The predicted molar refractivity (Wildman–Crippen MR) is 160 cm³/mol. The van der Waals surface area contributed by atoms with Gasteiger partial charge in [0, 0.05) is 37.0 Å². The zero-order valence-electron chi connectivity index (χ0n) is 25.2. The van der Waals surface area contributed by atoms with E-state index in [1.54, 1.807) is 12.4 Å². The minimum Gasteiger partial charge on any atom is -0.465 e. The molecular formula is C30H46N6O4S. The number of carbonyl (C=O) groups is 2. The van der Waals surface area contributed by atoms with E-state index in [-0.39, 0.29) is 17.4 Å². The van der Waals surface area contributed by atoms with Gasteiger partial charge in [-0.1, -0.05) is 33.1 Å². The summed E-state index contributed by atoms with van der Waals surface area (Å²) in [7, 11) is 0. The number of rotatable bonds is 12. The van der Waals surface area contributed by atoms with Crippen LogP contribution in [-0.4, -0.2) is 62.9 Å². The van der Waals surface area contributed by atoms with Crippen LogP contribution in [0.4, 0.5) is 10.6 Å². The molecule has 0 bridgehead atoms. The van der Waals surface area contributed by atoms with Crippen molar-refractivity contribution < 1.29 is 19.1 Å². The molecule has 11 heteroatoms. The number of aromatic nitrogens is 4. The maximum absolute atomic E-state index is 12.7. The highest BCUT2D eigenvalue weighted by atomic mass is 32.2. The highest BCUT2D eigenvalue weighted by molar-refractivity contribution is 7.99. The van der Waals surface area contributed by atoms with Crippen LogP contribution in [0.2, 0.25) is 0 Å². The normalized spacial score (nSPS) is 18.7. The second kappa shape index (κ2) is 13.9. The van der Waals surface area contributed by atoms with E-state index in [2.05, 4.69) is 39.1 Å². The standard InChI is InChI=1S/C30H46N6O4S/c1-6-8-9-22(7-2)20-39-26(37)11-17-41-25-19-31-24(18-32-25)35-15-12-30(13-16-35)21-36-23(10-14-33-36)27(30)34-28(38)40-29(3,4)5/h10,14,18-19,22,27H,6-9,11-13,15-17,20-21H2,1-5H3,(H,34,38)/t22?,27-/m1/s1. The Hall–Kier alpha value is -2.82. The van der Waals surface area contributed by atoms with Gasteiger partial charge in [0.15, 0.2) is 0 Å². The van der Waals surface area contributed by atoms with Crippen LogP contribution in [0.1, 0.15) is 91.3 Å². The van der Waals surface area contributed by atoms with Crippen molar-refractivity contribution in [3.8, 4) is 0 Å². The molecule has 4 rings (SSSR count). The molecule has 4 heterocycles. The summed E-state index contributed by atoms with van der Waals surface area (Å²) in [6.07, 6.45) is 11.6. The Morgan fingerprint density at radius 1 is 1.20 bits per heavy atom. The Morgan fingerprint density at radius 3 is 2.63 bits per heavy atom. The number of hydrogen-bond acceptors (Lipinski definition) is 9. The summed E-state index contributed by atoms with van der Waals surface area (Å²) < 4.78 is 13.1. The number of piperidine rings is 1. The van der Waals surface area contributed by atoms with Crippen LogP contribution in [-0.2, 0) is 20.8 Å². The van der Waals surface area contributed by atoms with Crippen LogP contribution in [0, 0.1) is 11.3 Å². The summed E-state index contributed by atoms with van der Waals surface area (Å²) >= 11 is 1.52. The number of fused-ring (bicyclic) bond motifs is 1. The van der Waals surface area contributed by atoms with Crippen molar-refractivity contribution in [3.05, 3.63) is 30.4 Å². The first-order valence-electron chi connectivity index (χ1n) is 15.0. The number of unbranched alkanes of at least 4 members (excludes halogenated alkanes) is 1. The highest BCUT2D eigenvalue weighted by Gasteiger charge is 2.49. The zero-order valence-corrected chi connectivity index (χ0v) is 26.0. The second-order valence-electron chi connectivity index (χ2n) is 12.3. The number of amides is 1. The summed E-state index contributed by atoms with van der Waals surface area (Å²) in [5.41, 5.74) is 0.344. The molecule has 41 heavy (non-hydrogen) atoms. The fraction of sp³-hybridized carbons (Fsp3) is 0.700. The van der Waals surface area contributed by atoms with Crippen molar-refractivity contribution in [2.75, 3.05) is 30.3 Å². The lowest BCUT2D eigenvalue weighted by atomic mass is 9.73. The maximum atomic E-state index is 12.7. The van der Waals surface area contributed by atoms with E-state index >= 15 is 0 Å². The second-order valence-corrected chi connectivity index (χ2v) is 13.4. The average Bonchev–Trinajstić information content (AvgIpc) is 3.49. The molecule has 0 radical (unpaired) electrons. The van der Waals surface area contributed by atoms with Crippen LogP contribution < -0.4 is 10.2 Å². The van der Waals surface area contributed by atoms with E-state index in [1.807, 2.05) is 37.7 Å². The fourth-order valence-electron chi connectivity index (χ4n) is 5.67. The van der Waals surface area contributed by atoms with Crippen molar-refractivity contribution in [2.45, 2.75) is 103 Å². The van der Waals surface area contributed by atoms with Gasteiger partial charge in [0.1, 0.15) is 16.4 Å². The number of nitrogens with one attached hydrogen (secondary N) is 1. The van der Waals surface area contributed by atoms with Crippen molar-refractivity contribution >= 4 is 29.6 Å². The summed E-state index contributed by atoms with van der Waals surface area (Å²) in [5, 5.41) is 8.44. The number of anilines is 1. The Kier molecular flexibility index (Phi) is 10.5. The van der Waals surface area contributed by atoms with Crippen molar-refractivity contribution in [1.29, 1.82) is 0 Å². The third-order valence-corrected chi connectivity index (χ3v) is 8.98. The number of thioether (sulfide) groups is 1. The number of alkyl carbamates (subject to hydrolysis) is 1. The van der Waals surface area contributed by atoms with E-state index in [1.165, 1.54) is 24.6 Å². The molecule has 0 aliphatic carbocycles. The van der Waals surface area contributed by atoms with Gasteiger partial charge >= 0.3 is 12.1 Å². The van der Waals surface area contributed by atoms with Crippen molar-refractivity contribution in [2.24, 2.45) is 11.3 Å². The minimum absolute atomic E-state index is 0.123. The highest BCUT2D eigenvalue weighted by Crippen LogP contribution is 2.49. The molecule has 1 unspecified atom stereocenters. The third-order valence-electron chi connectivity index (χ3n) is 8.06. The summed E-state index contributed by atoms with van der Waals surface area (Å²) in [4.78, 5) is 36.4. The Balaban J connectivity index is 1.25. The fourth-order valence-corrected chi connectivity index (χ4v) is 6.40. The van der Waals surface area contributed by atoms with Gasteiger partial charge in [-0.05, 0) is 52.0 Å². The van der Waals surface area contributed by atoms with Crippen LogP contribution in [0.3, 0.4) is 0 Å². The largest absolute Gasteiger partial charge is 0.465 e. The molecule has 1 saturated heterocycles. The van der Waals surface area contributed by atoms with E-state index in [0.717, 1.165) is 61.9 Å². The lowest BCUT2D eigenvalue weighted by Gasteiger charge is -2.43. The van der Waals surface area contributed by atoms with Crippen molar-refractivity contribution in [1.82, 2.24) is 25.1 Å². The van der Waals surface area contributed by atoms with Crippen LogP contribution in [0.15, 0.2) is 29.7 Å². The first-order valence-corrected chi connectivity index (χ1v) is 16.0. The van der Waals surface area contributed by atoms with Crippen LogP contribution in [0.5, 0.6) is 0 Å². The Morgan fingerprint density at radius 2 is 1.98 bits per heavy atom. The van der Waals surface area contributed by atoms with Crippen LogP contribution >= 0.6 is 11.8 Å². The van der Waals surface area contributed by atoms with Gasteiger partial charge in [-0.25, -0.2) is 14.8 Å². The minimum atomic E-state index is -0.557. The molecule has 2 aliphatic rings. The average molecular weight is 587 g/mol. The monoisotopic (exact) mass is 586 g/mol. The van der Waals surface area contributed by atoms with Gasteiger partial charge < -0.3 is 19.7 Å². The van der Waals surface area contributed by atoms with Gasteiger partial charge in [-0.3, -0.25) is 9.48 Å². The van der Waals surface area contributed by atoms with Gasteiger partial charge in [-0.2, -0.15) is 5.10 Å². The molecule has 226 valence electrons. The Bertz CT molecular complexity index is 1140. The smallest absolute Gasteiger partial charge is 0.408 e. The molecule has 1 fully saturated rings. The molecule has 0 aromatic carbocycles. The number of ether oxygens (including phenoxy) is 2. The molecule has 1 spiro atoms. The molecule has 1 N–H and O–H groups in total. The predicted octanol–water partition coefficient (Wildman–Crippen LogP) is 5.78. The number of hydrogen-bond donors (Lipinski definition) is 1. The van der Waals surface area contributed by atoms with E-state index < -0.39 is 11.7 Å². The van der Waals surface area contributed by atoms with Gasteiger partial charge in [0.05, 0.1) is 37.2 Å². The number of nitrogens with zero attached hydrogens (tertiary/aromatic N) is 5. The van der Waals surface area contributed by atoms with Gasteiger partial charge in [0.2, 0.25) is 0 Å². The molecule has 2 aromatic heterocycles. The summed E-state index contributed by atoms with van der Waals surface area (Å²) in [6.45, 7) is 12.9. The first-order chi connectivity index (χ1) is 19.6. The number of esters is 1. The van der Waals surface area contributed by atoms with E-state index in [0.29, 0.717) is 24.7 Å². The summed E-state index contributed by atoms with van der Waals surface area (Å²) in [5.74, 6) is 1.77. The lowest BCUT2D eigenvalue weighted by molar-refractivity contribution is -0.144. The molecule has 2 aliphatic heterocycles. The lowest BCUT2D eigenvalue weighted by Crippen LogP contribution is -2.48. The first kappa shape index (κ1) is 31.1. The molecule has 2 aromatic rings. The van der Waals surface area contributed by atoms with Gasteiger partial charge in [0.25, 0.3) is 0 Å². The maximum Gasteiger partial charge on any atom is 0.408 e. The molecular weight excluding hydrogens is 540 g/mol. The quantitative estimate of drug-likeness (QED) is 0.244. The Labute approximate surface area is 248 Å². The van der Waals surface area contributed by atoms with Gasteiger partial charge in [-0.15, -0.1) is 11.8 Å². The third kappa shape index (κ3) is 8.36. The molecule has 10 nitrogen and oxygen atoms in total. The molecule has 0 saturated carbocycles. The molecule has 1 amide bonds. The van der Waals surface area contributed by atoms with E-state index in [4.69, 9.17) is 9.47 Å². The van der Waals surface area contributed by atoms with Crippen molar-refractivity contribution in [3.63, 3.8) is 0 Å². The van der Waals surface area contributed by atoms with Crippen LogP contribution in [0.25, 0.3) is 0 Å². The topological polar surface area (TPSA) is 111 Å². The summed E-state index contributed by atoms with van der Waals surface area (Å²) in [6, 6.07) is 1.84. The van der Waals surface area contributed by atoms with E-state index in [9.17, 15) is 9.59 Å².